The summed E-state index contributed by atoms with van der Waals surface area (Å²) in [6.45, 7) is 13.5. The molecule has 0 amide bonds. The third-order valence-electron chi connectivity index (χ3n) is 2.88. The van der Waals surface area contributed by atoms with Crippen molar-refractivity contribution in [3.05, 3.63) is 0 Å². The molecule has 0 N–H and O–H groups in total. The highest BCUT2D eigenvalue weighted by Crippen LogP contribution is 2.25. The zero-order chi connectivity index (χ0) is 9.61. The summed E-state index contributed by atoms with van der Waals surface area (Å²) < 4.78 is 5.33. The summed E-state index contributed by atoms with van der Waals surface area (Å²) in [6, 6.07) is 1.41. The van der Waals surface area contributed by atoms with E-state index >= 15 is 0 Å². The maximum absolute atomic E-state index is 5.33. The van der Waals surface area contributed by atoms with Crippen LogP contribution in [0.4, 0.5) is 0 Å². The monoisotopic (exact) mass is 188 g/mol. The lowest BCUT2D eigenvalue weighted by Gasteiger charge is -2.26. The van der Waals surface area contributed by atoms with E-state index in [1.807, 2.05) is 0 Å². The molecular formula is C10H24OSi. The maximum atomic E-state index is 5.33. The molecule has 0 aromatic rings. The van der Waals surface area contributed by atoms with E-state index < -0.39 is 8.07 Å². The zero-order valence-corrected chi connectivity index (χ0v) is 10.3. The van der Waals surface area contributed by atoms with Crippen LogP contribution in [-0.4, -0.2) is 21.3 Å². The summed E-state index contributed by atoms with van der Waals surface area (Å²) in [6.07, 6.45) is 1.26. The molecular weight excluding hydrogens is 164 g/mol. The molecule has 0 aromatic heterocycles. The molecule has 2 heteroatoms. The van der Waals surface area contributed by atoms with Gasteiger partial charge in [-0.2, -0.15) is 0 Å². The van der Waals surface area contributed by atoms with Gasteiger partial charge in [0.2, 0.25) is 0 Å². The lowest BCUT2D eigenvalue weighted by molar-refractivity contribution is 0.148. The van der Waals surface area contributed by atoms with Gasteiger partial charge in [-0.05, 0) is 13.3 Å². The molecule has 0 aromatic carbocycles. The van der Waals surface area contributed by atoms with E-state index in [9.17, 15) is 0 Å². The van der Waals surface area contributed by atoms with E-state index in [0.717, 1.165) is 18.8 Å². The molecule has 0 rings (SSSR count). The van der Waals surface area contributed by atoms with Gasteiger partial charge < -0.3 is 4.74 Å². The van der Waals surface area contributed by atoms with E-state index in [1.54, 1.807) is 0 Å². The van der Waals surface area contributed by atoms with E-state index in [4.69, 9.17) is 4.74 Å². The molecule has 12 heavy (non-hydrogen) atoms. The highest BCUT2D eigenvalue weighted by molar-refractivity contribution is 6.78. The molecule has 0 aliphatic rings. The molecule has 0 radical (unpaired) electrons. The van der Waals surface area contributed by atoms with Crippen LogP contribution in [0.15, 0.2) is 0 Å². The third-order valence-corrected chi connectivity index (χ3v) is 7.64. The van der Waals surface area contributed by atoms with Gasteiger partial charge in [-0.3, -0.25) is 0 Å². The second-order valence-corrected chi connectivity index (χ2v) is 10.1. The first-order chi connectivity index (χ1) is 5.50. The molecule has 1 nitrogen and oxygen atoms in total. The molecule has 0 bridgehead atoms. The number of hydrogen-bond donors (Lipinski definition) is 0. The Bertz CT molecular complexity index is 110. The molecule has 0 heterocycles. The van der Waals surface area contributed by atoms with Gasteiger partial charge in [0.05, 0.1) is 0 Å². The lowest BCUT2D eigenvalue weighted by Crippen LogP contribution is -2.29. The van der Waals surface area contributed by atoms with Gasteiger partial charge in [0.25, 0.3) is 0 Å². The minimum atomic E-state index is -0.911. The Balaban J connectivity index is 3.47. The van der Waals surface area contributed by atoms with Crippen LogP contribution < -0.4 is 0 Å². The molecule has 0 unspecified atom stereocenters. The topological polar surface area (TPSA) is 9.23 Å². The first-order valence-corrected chi connectivity index (χ1v) is 8.37. The number of rotatable bonds is 6. The lowest BCUT2D eigenvalue weighted by atomic mass is 10.5. The summed E-state index contributed by atoms with van der Waals surface area (Å²) in [5.41, 5.74) is 0.902. The van der Waals surface area contributed by atoms with E-state index in [1.165, 1.54) is 12.5 Å². The van der Waals surface area contributed by atoms with Crippen LogP contribution in [0.2, 0.25) is 24.7 Å². The quantitative estimate of drug-likeness (QED) is 0.458. The predicted molar refractivity (Wildman–Crippen MR) is 58.5 cm³/mol. The minimum absolute atomic E-state index is 0.865. The second kappa shape index (κ2) is 5.76. The van der Waals surface area contributed by atoms with Gasteiger partial charge in [-0.1, -0.05) is 38.5 Å². The zero-order valence-electron chi connectivity index (χ0n) is 9.31. The van der Waals surface area contributed by atoms with Gasteiger partial charge >= 0.3 is 0 Å². The number of ether oxygens (including phenoxy) is 1. The van der Waals surface area contributed by atoms with Gasteiger partial charge in [0.15, 0.2) is 0 Å². The van der Waals surface area contributed by atoms with Crippen LogP contribution >= 0.6 is 0 Å². The Morgan fingerprint density at radius 3 is 2.25 bits per heavy atom. The molecule has 0 spiro atoms. The molecule has 0 atom stereocenters. The van der Waals surface area contributed by atoms with Gasteiger partial charge in [0.1, 0.15) is 0 Å². The molecule has 0 fully saturated rings. The third kappa shape index (κ3) is 4.94. The number of hydrogen-bond acceptors (Lipinski definition) is 1. The van der Waals surface area contributed by atoms with Crippen molar-refractivity contribution in [1.82, 2.24) is 0 Å². The van der Waals surface area contributed by atoms with Gasteiger partial charge in [-0.25, -0.2) is 0 Å². The van der Waals surface area contributed by atoms with Crippen LogP contribution in [0.25, 0.3) is 0 Å². The van der Waals surface area contributed by atoms with Crippen molar-refractivity contribution in [2.24, 2.45) is 0 Å². The first-order valence-electron chi connectivity index (χ1n) is 5.08. The van der Waals surface area contributed by atoms with Crippen LogP contribution in [0.5, 0.6) is 0 Å². The van der Waals surface area contributed by atoms with Crippen molar-refractivity contribution in [2.75, 3.05) is 13.2 Å². The van der Waals surface area contributed by atoms with Gasteiger partial charge in [-0.15, -0.1) is 0 Å². The summed E-state index contributed by atoms with van der Waals surface area (Å²) in [4.78, 5) is 0. The predicted octanol–water partition coefficient (Wildman–Crippen LogP) is 3.53. The Morgan fingerprint density at radius 2 is 1.83 bits per heavy atom. The van der Waals surface area contributed by atoms with Crippen molar-refractivity contribution < 1.29 is 4.74 Å². The highest BCUT2D eigenvalue weighted by atomic mass is 28.3. The van der Waals surface area contributed by atoms with E-state index in [-0.39, 0.29) is 0 Å². The van der Waals surface area contributed by atoms with E-state index in [2.05, 4.69) is 33.9 Å². The Labute approximate surface area is 78.5 Å². The average molecular weight is 188 g/mol. The SMILES string of the molecule is CCOCCC[Si](C)(C)C(C)C. The summed E-state index contributed by atoms with van der Waals surface area (Å²) in [7, 11) is -0.911. The molecule has 0 aliphatic carbocycles. The Kier molecular flexibility index (Phi) is 5.84. The van der Waals surface area contributed by atoms with Crippen LogP contribution in [0, 0.1) is 0 Å². The second-order valence-electron chi connectivity index (χ2n) is 4.44. The Hall–Kier alpha value is 0.177. The summed E-state index contributed by atoms with van der Waals surface area (Å²) in [5.74, 6) is 0. The first kappa shape index (κ1) is 12.2. The normalized spacial score (nSPS) is 12.5. The molecule has 0 saturated heterocycles. The summed E-state index contributed by atoms with van der Waals surface area (Å²) >= 11 is 0. The van der Waals surface area contributed by atoms with Crippen molar-refractivity contribution >= 4 is 8.07 Å². The molecule has 0 saturated carbocycles. The fraction of sp³-hybridized carbons (Fsp3) is 1.00. The smallest absolute Gasteiger partial charge is 0.0500 e. The van der Waals surface area contributed by atoms with E-state index in [0.29, 0.717) is 0 Å². The van der Waals surface area contributed by atoms with Crippen molar-refractivity contribution in [3.8, 4) is 0 Å². The van der Waals surface area contributed by atoms with Crippen molar-refractivity contribution in [3.63, 3.8) is 0 Å². The standard InChI is InChI=1S/C10H24OSi/c1-6-11-8-7-9-12(4,5)10(2)3/h10H,6-9H2,1-5H3. The Morgan fingerprint density at radius 1 is 1.25 bits per heavy atom. The van der Waals surface area contributed by atoms with Crippen molar-refractivity contribution in [1.29, 1.82) is 0 Å². The molecule has 0 aliphatic heterocycles. The highest BCUT2D eigenvalue weighted by Gasteiger charge is 2.23. The van der Waals surface area contributed by atoms with Crippen molar-refractivity contribution in [2.45, 2.75) is 51.9 Å². The van der Waals surface area contributed by atoms with Crippen LogP contribution in [0.3, 0.4) is 0 Å². The fourth-order valence-corrected chi connectivity index (χ4v) is 2.70. The summed E-state index contributed by atoms with van der Waals surface area (Å²) in [5, 5.41) is 0. The van der Waals surface area contributed by atoms with Crippen LogP contribution in [0.1, 0.15) is 27.2 Å². The van der Waals surface area contributed by atoms with Gasteiger partial charge in [0, 0.05) is 21.3 Å². The molecule has 74 valence electrons. The maximum Gasteiger partial charge on any atom is 0.0500 e. The fourth-order valence-electron chi connectivity index (χ4n) is 1.06. The largest absolute Gasteiger partial charge is 0.382 e. The average Bonchev–Trinajstić information content (AvgIpc) is 1.98. The minimum Gasteiger partial charge on any atom is -0.382 e. The van der Waals surface area contributed by atoms with Crippen LogP contribution in [-0.2, 0) is 4.74 Å².